The van der Waals surface area contributed by atoms with Crippen LogP contribution in [0.3, 0.4) is 0 Å². The fraction of sp³-hybridized carbons (Fsp3) is 0.909. The number of nitrogens with one attached hydrogen (secondary N) is 1. The van der Waals surface area contributed by atoms with Gasteiger partial charge in [-0.2, -0.15) is 4.91 Å². The molecule has 1 amide bonds. The first-order valence-electron chi connectivity index (χ1n) is 5.40. The van der Waals surface area contributed by atoms with Crippen LogP contribution in [0.15, 0.2) is 5.18 Å². The van der Waals surface area contributed by atoms with Gasteiger partial charge in [-0.15, -0.1) is 0 Å². The highest BCUT2D eigenvalue weighted by molar-refractivity contribution is 5.45. The molecule has 1 aliphatic rings. The van der Waals surface area contributed by atoms with Crippen molar-refractivity contribution < 1.29 is 4.79 Å². The van der Waals surface area contributed by atoms with Crippen molar-refractivity contribution in [2.75, 3.05) is 6.54 Å². The third-order valence-corrected chi connectivity index (χ3v) is 3.18. The van der Waals surface area contributed by atoms with E-state index in [4.69, 9.17) is 0 Å². The topological polar surface area (TPSA) is 58.5 Å². The van der Waals surface area contributed by atoms with Gasteiger partial charge in [-0.1, -0.05) is 25.9 Å². The van der Waals surface area contributed by atoms with Crippen LogP contribution in [0.1, 0.15) is 40.0 Å². The molecule has 2 unspecified atom stereocenters. The number of nitrogens with zero attached hydrogens (tertiary/aromatic N) is 1. The summed E-state index contributed by atoms with van der Waals surface area (Å²) in [6.45, 7) is 7.06. The summed E-state index contributed by atoms with van der Waals surface area (Å²) in [5.41, 5.74) is 0.136. The lowest BCUT2D eigenvalue weighted by Crippen LogP contribution is -2.43. The Morgan fingerprint density at radius 3 is 2.60 bits per heavy atom. The van der Waals surface area contributed by atoms with Crippen molar-refractivity contribution >= 4 is 6.41 Å². The molecule has 4 heteroatoms. The highest BCUT2D eigenvalue weighted by Crippen LogP contribution is 2.46. The molecule has 1 fully saturated rings. The van der Waals surface area contributed by atoms with Gasteiger partial charge in [-0.25, -0.2) is 0 Å². The molecular weight excluding hydrogens is 192 g/mol. The third kappa shape index (κ3) is 3.29. The average molecular weight is 212 g/mol. The molecule has 0 bridgehead atoms. The summed E-state index contributed by atoms with van der Waals surface area (Å²) in [5, 5.41) is 5.90. The van der Waals surface area contributed by atoms with Crippen LogP contribution in [0.5, 0.6) is 0 Å². The van der Waals surface area contributed by atoms with Crippen LogP contribution in [-0.2, 0) is 4.79 Å². The number of hydrogen-bond acceptors (Lipinski definition) is 3. The minimum Gasteiger partial charge on any atom is -0.358 e. The Labute approximate surface area is 90.8 Å². The molecule has 0 aromatic heterocycles. The summed E-state index contributed by atoms with van der Waals surface area (Å²) in [6.07, 6.45) is 3.37. The third-order valence-electron chi connectivity index (χ3n) is 3.18. The maximum absolute atomic E-state index is 10.7. The van der Waals surface area contributed by atoms with Crippen molar-refractivity contribution in [1.82, 2.24) is 5.32 Å². The summed E-state index contributed by atoms with van der Waals surface area (Å²) in [6, 6.07) is -0.104. The summed E-state index contributed by atoms with van der Waals surface area (Å²) in [7, 11) is 0. The van der Waals surface area contributed by atoms with E-state index in [9.17, 15) is 9.70 Å². The minimum atomic E-state index is -0.104. The van der Waals surface area contributed by atoms with Crippen molar-refractivity contribution in [2.45, 2.75) is 46.1 Å². The lowest BCUT2D eigenvalue weighted by atomic mass is 9.63. The van der Waals surface area contributed by atoms with Crippen molar-refractivity contribution in [3.63, 3.8) is 0 Å². The smallest absolute Gasteiger partial charge is 0.207 e. The molecule has 0 aromatic rings. The van der Waals surface area contributed by atoms with Gasteiger partial charge in [0, 0.05) is 6.54 Å². The number of carbonyl (C=O) groups excluding carboxylic acids is 1. The van der Waals surface area contributed by atoms with Gasteiger partial charge >= 0.3 is 0 Å². The Bertz CT molecular complexity index is 253. The first-order chi connectivity index (χ1) is 6.91. The van der Waals surface area contributed by atoms with Crippen LogP contribution in [0.25, 0.3) is 0 Å². The van der Waals surface area contributed by atoms with Crippen molar-refractivity contribution in [3.8, 4) is 0 Å². The second kappa shape index (κ2) is 4.29. The molecule has 1 saturated carbocycles. The Kier molecular flexibility index (Phi) is 3.47. The summed E-state index contributed by atoms with van der Waals surface area (Å²) < 4.78 is 0. The van der Waals surface area contributed by atoms with Gasteiger partial charge < -0.3 is 5.32 Å². The molecule has 0 heterocycles. The van der Waals surface area contributed by atoms with Crippen LogP contribution < -0.4 is 5.32 Å². The van der Waals surface area contributed by atoms with E-state index in [1.807, 2.05) is 0 Å². The van der Waals surface area contributed by atoms with Gasteiger partial charge in [0.1, 0.15) is 0 Å². The van der Waals surface area contributed by atoms with Crippen LogP contribution >= 0.6 is 0 Å². The molecule has 0 saturated heterocycles. The van der Waals surface area contributed by atoms with Crippen LogP contribution in [0.4, 0.5) is 0 Å². The quantitative estimate of drug-likeness (QED) is 0.573. The molecule has 0 radical (unpaired) electrons. The predicted molar refractivity (Wildman–Crippen MR) is 59.4 cm³/mol. The van der Waals surface area contributed by atoms with Gasteiger partial charge in [0.25, 0.3) is 0 Å². The molecule has 1 N–H and O–H groups in total. The standard InChI is InChI=1S/C11H20N2O2/c1-10(2)4-9(13-15)5-11(3,6-10)7-12-8-14/h8-9H,4-7H2,1-3H3,(H,12,14). The predicted octanol–water partition coefficient (Wildman–Crippen LogP) is 2.08. The van der Waals surface area contributed by atoms with Gasteiger partial charge in [0.15, 0.2) is 0 Å². The molecule has 0 aliphatic heterocycles. The van der Waals surface area contributed by atoms with Crippen molar-refractivity contribution in [2.24, 2.45) is 16.0 Å². The molecule has 2 atom stereocenters. The van der Waals surface area contributed by atoms with E-state index in [1.165, 1.54) is 0 Å². The van der Waals surface area contributed by atoms with Crippen LogP contribution in [-0.4, -0.2) is 19.0 Å². The molecular formula is C11H20N2O2. The van der Waals surface area contributed by atoms with Crippen molar-refractivity contribution in [1.29, 1.82) is 0 Å². The van der Waals surface area contributed by atoms with Gasteiger partial charge in [0.05, 0.1) is 6.04 Å². The molecule has 15 heavy (non-hydrogen) atoms. The number of hydrogen-bond donors (Lipinski definition) is 1. The van der Waals surface area contributed by atoms with Crippen LogP contribution in [0, 0.1) is 15.7 Å². The fourth-order valence-electron chi connectivity index (χ4n) is 3.08. The van der Waals surface area contributed by atoms with E-state index in [-0.39, 0.29) is 16.9 Å². The first-order valence-corrected chi connectivity index (χ1v) is 5.40. The lowest BCUT2D eigenvalue weighted by molar-refractivity contribution is -0.110. The van der Waals surface area contributed by atoms with Crippen molar-refractivity contribution in [3.05, 3.63) is 4.91 Å². The van der Waals surface area contributed by atoms with Crippen LogP contribution in [0.2, 0.25) is 0 Å². The minimum absolute atomic E-state index is 0.00123. The number of rotatable bonds is 4. The molecule has 86 valence electrons. The highest BCUT2D eigenvalue weighted by atomic mass is 16.3. The largest absolute Gasteiger partial charge is 0.358 e. The lowest BCUT2D eigenvalue weighted by Gasteiger charge is -2.44. The Morgan fingerprint density at radius 2 is 2.07 bits per heavy atom. The zero-order valence-corrected chi connectivity index (χ0v) is 9.75. The molecule has 0 aromatic carbocycles. The van der Waals surface area contributed by atoms with E-state index in [2.05, 4.69) is 31.3 Å². The maximum atomic E-state index is 10.7. The fourth-order valence-corrected chi connectivity index (χ4v) is 3.08. The van der Waals surface area contributed by atoms with E-state index in [0.29, 0.717) is 6.54 Å². The number of carbonyl (C=O) groups is 1. The number of amides is 1. The molecule has 0 spiro atoms. The van der Waals surface area contributed by atoms with E-state index < -0.39 is 0 Å². The Balaban J connectivity index is 2.71. The zero-order chi connectivity index (χ0) is 11.5. The van der Waals surface area contributed by atoms with E-state index in [1.54, 1.807) is 0 Å². The highest BCUT2D eigenvalue weighted by Gasteiger charge is 2.41. The van der Waals surface area contributed by atoms with Gasteiger partial charge in [-0.3, -0.25) is 4.79 Å². The normalized spacial score (nSPS) is 34.5. The Morgan fingerprint density at radius 1 is 1.40 bits per heavy atom. The zero-order valence-electron chi connectivity index (χ0n) is 9.75. The maximum Gasteiger partial charge on any atom is 0.207 e. The van der Waals surface area contributed by atoms with Gasteiger partial charge in [-0.05, 0) is 30.1 Å². The van der Waals surface area contributed by atoms with E-state index >= 15 is 0 Å². The SMILES string of the molecule is CC1(C)CC(N=O)CC(C)(CNC=O)C1. The average Bonchev–Trinajstić information content (AvgIpc) is 2.12. The second-order valence-corrected chi connectivity index (χ2v) is 5.82. The monoisotopic (exact) mass is 212 g/mol. The van der Waals surface area contributed by atoms with E-state index in [0.717, 1.165) is 25.7 Å². The molecule has 4 nitrogen and oxygen atoms in total. The molecule has 1 rings (SSSR count). The number of nitroso groups, excluding NO2 is 1. The summed E-state index contributed by atoms with van der Waals surface area (Å²) in [5.74, 6) is 0. The first kappa shape index (κ1) is 12.1. The molecule has 1 aliphatic carbocycles. The summed E-state index contributed by atoms with van der Waals surface area (Å²) >= 11 is 0. The Hall–Kier alpha value is -0.930. The van der Waals surface area contributed by atoms with Gasteiger partial charge in [0.2, 0.25) is 6.41 Å². The second-order valence-electron chi connectivity index (χ2n) is 5.82. The summed E-state index contributed by atoms with van der Waals surface area (Å²) in [4.78, 5) is 21.0.